The molecule has 12 heteroatoms. The van der Waals surface area contributed by atoms with E-state index < -0.39 is 6.04 Å². The van der Waals surface area contributed by atoms with Crippen molar-refractivity contribution in [3.8, 4) is 11.5 Å². The van der Waals surface area contributed by atoms with Crippen molar-refractivity contribution in [1.82, 2.24) is 29.5 Å². The predicted molar refractivity (Wildman–Crippen MR) is 134 cm³/mol. The van der Waals surface area contributed by atoms with Gasteiger partial charge in [-0.2, -0.15) is 4.98 Å². The second-order valence-electron chi connectivity index (χ2n) is 8.29. The highest BCUT2D eigenvalue weighted by atomic mass is 16.4. The van der Waals surface area contributed by atoms with Gasteiger partial charge in [0.2, 0.25) is 12.3 Å². The summed E-state index contributed by atoms with van der Waals surface area (Å²) in [7, 11) is 0. The Kier molecular flexibility index (Phi) is 5.54. The summed E-state index contributed by atoms with van der Waals surface area (Å²) in [6, 6.07) is 14.1. The molecule has 0 amide bonds. The summed E-state index contributed by atoms with van der Waals surface area (Å²) in [6.45, 7) is 0.137. The Bertz CT molecular complexity index is 1690. The van der Waals surface area contributed by atoms with Gasteiger partial charge >= 0.3 is 0 Å². The summed E-state index contributed by atoms with van der Waals surface area (Å²) >= 11 is 0. The van der Waals surface area contributed by atoms with Crippen molar-refractivity contribution in [3.05, 3.63) is 89.2 Å². The van der Waals surface area contributed by atoms with Crippen LogP contribution in [-0.4, -0.2) is 47.1 Å². The largest absolute Gasteiger partial charge is 0.423 e. The Morgan fingerprint density at radius 1 is 1.14 bits per heavy atom. The third-order valence-electron chi connectivity index (χ3n) is 6.01. The predicted octanol–water partition coefficient (Wildman–Crippen LogP) is 2.74. The molecule has 2 aromatic carbocycles. The van der Waals surface area contributed by atoms with E-state index in [1.165, 1.54) is 28.0 Å². The van der Waals surface area contributed by atoms with Gasteiger partial charge in [-0.3, -0.25) is 9.59 Å². The molecule has 3 N–H and O–H groups in total. The lowest BCUT2D eigenvalue weighted by atomic mass is 10.1. The standard InChI is InChI=1S/C25H20N8O4/c34-13-19(15-5-2-1-3-6-15)29-22-18(23-31-27-14-37-23)12-26-25(30-22)28-16-8-9-17-20(11-16)33-21(35)7-4-10-32(33)24(17)36/h1-9,11-12,14,19,34H,10,13H2,(H2,26,28,29,30)/t19-/m1/s1. The Morgan fingerprint density at radius 2 is 2.00 bits per heavy atom. The molecular formula is C25H20N8O4. The molecule has 4 heterocycles. The molecular weight excluding hydrogens is 476 g/mol. The van der Waals surface area contributed by atoms with Crippen LogP contribution in [0.5, 0.6) is 0 Å². The zero-order valence-electron chi connectivity index (χ0n) is 19.3. The first-order valence-electron chi connectivity index (χ1n) is 11.4. The minimum atomic E-state index is -0.458. The van der Waals surface area contributed by atoms with Crippen LogP contribution in [-0.2, 0) is 6.54 Å². The van der Waals surface area contributed by atoms with E-state index in [9.17, 15) is 14.7 Å². The third-order valence-corrected chi connectivity index (χ3v) is 6.01. The lowest BCUT2D eigenvalue weighted by Crippen LogP contribution is -2.28. The van der Waals surface area contributed by atoms with E-state index in [0.29, 0.717) is 34.5 Å². The number of anilines is 3. The fraction of sp³-hybridized carbons (Fsp3) is 0.120. The maximum absolute atomic E-state index is 12.7. The van der Waals surface area contributed by atoms with Crippen LogP contribution >= 0.6 is 0 Å². The first kappa shape index (κ1) is 22.4. The van der Waals surface area contributed by atoms with Gasteiger partial charge in [-0.1, -0.05) is 36.4 Å². The number of aliphatic hydroxyl groups is 1. The molecule has 6 rings (SSSR count). The van der Waals surface area contributed by atoms with Crippen LogP contribution in [0.1, 0.15) is 16.4 Å². The Morgan fingerprint density at radius 3 is 2.78 bits per heavy atom. The summed E-state index contributed by atoms with van der Waals surface area (Å²) in [5.41, 5.74) is 2.14. The highest BCUT2D eigenvalue weighted by Crippen LogP contribution is 2.29. The number of rotatable bonds is 7. The number of carbonyl (C=O) groups is 1. The lowest BCUT2D eigenvalue weighted by molar-refractivity contribution is 0.0935. The zero-order valence-corrected chi connectivity index (χ0v) is 19.3. The van der Waals surface area contributed by atoms with Gasteiger partial charge in [-0.15, -0.1) is 10.2 Å². The average molecular weight is 496 g/mol. The molecule has 5 aromatic rings. The highest BCUT2D eigenvalue weighted by Gasteiger charge is 2.21. The molecule has 1 atom stereocenters. The number of aromatic nitrogens is 6. The summed E-state index contributed by atoms with van der Waals surface area (Å²) in [4.78, 5) is 34.1. The monoisotopic (exact) mass is 496 g/mol. The normalized spacial score (nSPS) is 13.5. The van der Waals surface area contributed by atoms with E-state index >= 15 is 0 Å². The number of allylic oxidation sites excluding steroid dienone is 2. The van der Waals surface area contributed by atoms with Crippen molar-refractivity contribution in [1.29, 1.82) is 0 Å². The number of hydrogen-bond acceptors (Lipinski definition) is 10. The van der Waals surface area contributed by atoms with Crippen LogP contribution in [0.2, 0.25) is 0 Å². The van der Waals surface area contributed by atoms with Crippen molar-refractivity contribution in [2.24, 2.45) is 0 Å². The molecule has 1 aliphatic rings. The van der Waals surface area contributed by atoms with E-state index in [0.717, 1.165) is 5.56 Å². The van der Waals surface area contributed by atoms with Crippen molar-refractivity contribution in [2.45, 2.75) is 12.6 Å². The molecule has 0 aliphatic carbocycles. The number of fused-ring (bicyclic) bond motifs is 3. The van der Waals surface area contributed by atoms with Crippen LogP contribution < -0.4 is 16.2 Å². The minimum absolute atomic E-state index is 0.187. The fourth-order valence-electron chi connectivity index (χ4n) is 4.26. The molecule has 0 saturated carbocycles. The van der Waals surface area contributed by atoms with E-state index in [2.05, 4.69) is 30.8 Å². The second kappa shape index (κ2) is 9.17. The van der Waals surface area contributed by atoms with E-state index in [1.807, 2.05) is 30.3 Å². The molecule has 1 aliphatic heterocycles. The maximum Gasteiger partial charge on any atom is 0.275 e. The van der Waals surface area contributed by atoms with Crippen molar-refractivity contribution < 1.29 is 14.3 Å². The van der Waals surface area contributed by atoms with Crippen molar-refractivity contribution >= 4 is 34.3 Å². The average Bonchev–Trinajstić information content (AvgIpc) is 3.56. The summed E-state index contributed by atoms with van der Waals surface area (Å²) in [5, 5.41) is 24.5. The first-order chi connectivity index (χ1) is 18.1. The van der Waals surface area contributed by atoms with Gasteiger partial charge in [0.05, 0.1) is 35.7 Å². The first-order valence-corrected chi connectivity index (χ1v) is 11.4. The SMILES string of the molecule is O=C1C=CCn2c(=O)c3ccc(Nc4ncc(-c5nnco5)c(N[C@H](CO)c5ccccc5)n4)cc3n21. The topological polar surface area (TPSA) is 153 Å². The number of nitrogens with one attached hydrogen (secondary N) is 2. The molecule has 184 valence electrons. The van der Waals surface area contributed by atoms with Gasteiger partial charge in [0.1, 0.15) is 5.82 Å². The van der Waals surface area contributed by atoms with Crippen LogP contribution in [0.3, 0.4) is 0 Å². The van der Waals surface area contributed by atoms with Gasteiger partial charge in [-0.25, -0.2) is 14.3 Å². The molecule has 0 radical (unpaired) electrons. The molecule has 0 spiro atoms. The molecule has 0 bridgehead atoms. The van der Waals surface area contributed by atoms with Gasteiger partial charge < -0.3 is 20.2 Å². The van der Waals surface area contributed by atoms with Crippen molar-refractivity contribution in [2.75, 3.05) is 17.2 Å². The quantitative estimate of drug-likeness (QED) is 0.306. The molecule has 0 unspecified atom stereocenters. The highest BCUT2D eigenvalue weighted by molar-refractivity contribution is 5.98. The molecule has 0 saturated heterocycles. The van der Waals surface area contributed by atoms with Gasteiger partial charge in [0.15, 0.2) is 0 Å². The third kappa shape index (κ3) is 4.04. The Hall–Kier alpha value is -5.10. The number of benzene rings is 2. The van der Waals surface area contributed by atoms with E-state index in [-0.39, 0.29) is 29.9 Å². The van der Waals surface area contributed by atoms with Crippen LogP contribution in [0.25, 0.3) is 22.4 Å². The summed E-state index contributed by atoms with van der Waals surface area (Å²) < 4.78 is 8.11. The van der Waals surface area contributed by atoms with Crippen LogP contribution in [0.15, 0.2) is 82.5 Å². The lowest BCUT2D eigenvalue weighted by Gasteiger charge is -2.19. The minimum Gasteiger partial charge on any atom is -0.423 e. The molecule has 0 fully saturated rings. The van der Waals surface area contributed by atoms with E-state index in [1.54, 1.807) is 24.3 Å². The second-order valence-corrected chi connectivity index (χ2v) is 8.29. The van der Waals surface area contributed by atoms with Crippen molar-refractivity contribution in [3.63, 3.8) is 0 Å². The Labute approximate surface area is 208 Å². The summed E-state index contributed by atoms with van der Waals surface area (Å²) in [6.07, 6.45) is 5.84. The van der Waals surface area contributed by atoms with E-state index in [4.69, 9.17) is 4.42 Å². The molecule has 37 heavy (non-hydrogen) atoms. The van der Waals surface area contributed by atoms with Crippen LogP contribution in [0.4, 0.5) is 17.5 Å². The molecule has 3 aromatic heterocycles. The Balaban J connectivity index is 1.37. The number of aliphatic hydroxyl groups excluding tert-OH is 1. The smallest absolute Gasteiger partial charge is 0.275 e. The number of hydrogen-bond donors (Lipinski definition) is 3. The number of nitrogens with zero attached hydrogens (tertiary/aromatic N) is 6. The fourth-order valence-corrected chi connectivity index (χ4v) is 4.26. The van der Waals surface area contributed by atoms with Gasteiger partial charge in [0.25, 0.3) is 17.4 Å². The maximum atomic E-state index is 12.7. The zero-order chi connectivity index (χ0) is 25.4. The van der Waals surface area contributed by atoms with Gasteiger partial charge in [-0.05, 0) is 23.8 Å². The number of carbonyl (C=O) groups excluding carboxylic acids is 1. The summed E-state index contributed by atoms with van der Waals surface area (Å²) in [5.74, 6) is 0.523. The van der Waals surface area contributed by atoms with Crippen LogP contribution in [0, 0.1) is 0 Å². The van der Waals surface area contributed by atoms with Gasteiger partial charge in [0, 0.05) is 18.0 Å². The molecule has 12 nitrogen and oxygen atoms in total.